The van der Waals surface area contributed by atoms with E-state index >= 15 is 0 Å². The summed E-state index contributed by atoms with van der Waals surface area (Å²) >= 11 is 0. The number of alkyl halides is 3. The van der Waals surface area contributed by atoms with E-state index < -0.39 is 12.1 Å². The molecule has 0 aliphatic rings. The molecule has 0 fully saturated rings. The number of aryl methyl sites for hydroxylation is 2. The van der Waals surface area contributed by atoms with Crippen molar-refractivity contribution in [2.45, 2.75) is 65.2 Å². The van der Waals surface area contributed by atoms with Gasteiger partial charge in [0.1, 0.15) is 5.82 Å². The molecule has 33 heavy (non-hydrogen) atoms. The minimum atomic E-state index is -4.65. The first kappa shape index (κ1) is 24.7. The number of rotatable bonds is 11. The largest absolute Gasteiger partial charge is 0.471 e. The van der Waals surface area contributed by atoms with Crippen molar-refractivity contribution in [1.82, 2.24) is 25.0 Å². The molecule has 0 radical (unpaired) electrons. The third-order valence-electron chi connectivity index (χ3n) is 5.01. The molecule has 0 unspecified atom stereocenters. The Hall–Kier alpha value is -2.94. The van der Waals surface area contributed by atoms with Crippen LogP contribution in [0, 0.1) is 0 Å². The van der Waals surface area contributed by atoms with Crippen molar-refractivity contribution in [3.8, 4) is 0 Å². The van der Waals surface area contributed by atoms with Crippen molar-refractivity contribution in [1.29, 1.82) is 0 Å². The van der Waals surface area contributed by atoms with Gasteiger partial charge < -0.3 is 14.4 Å². The summed E-state index contributed by atoms with van der Waals surface area (Å²) in [5.41, 5.74) is 2.70. The summed E-state index contributed by atoms with van der Waals surface area (Å²) in [4.78, 5) is 8.21. The first-order chi connectivity index (χ1) is 15.8. The second-order valence-corrected chi connectivity index (χ2v) is 8.10. The highest BCUT2D eigenvalue weighted by Gasteiger charge is 2.38. The lowest BCUT2D eigenvalue weighted by Crippen LogP contribution is -2.24. The van der Waals surface area contributed by atoms with E-state index in [4.69, 9.17) is 4.98 Å². The lowest BCUT2D eigenvalue weighted by atomic mass is 10.2. The SMILES string of the molecule is CC/C=C\CCc1nc2cc(/C=C/c3noc(C(F)(F)F)n3)ccc2n1CCCNC(C)C. The summed E-state index contributed by atoms with van der Waals surface area (Å²) in [6.45, 7) is 8.16. The Morgan fingerprint density at radius 3 is 2.67 bits per heavy atom. The number of benzene rings is 1. The van der Waals surface area contributed by atoms with Crippen molar-refractivity contribution in [3.63, 3.8) is 0 Å². The van der Waals surface area contributed by atoms with Crippen molar-refractivity contribution < 1.29 is 17.7 Å². The lowest BCUT2D eigenvalue weighted by Gasteiger charge is -2.11. The van der Waals surface area contributed by atoms with E-state index in [0.29, 0.717) is 6.04 Å². The summed E-state index contributed by atoms with van der Waals surface area (Å²) in [6.07, 6.45) is 6.50. The highest BCUT2D eigenvalue weighted by molar-refractivity contribution is 5.81. The third-order valence-corrected chi connectivity index (χ3v) is 5.01. The molecular formula is C24H30F3N5O. The van der Waals surface area contributed by atoms with Crippen LogP contribution in [0.4, 0.5) is 13.2 Å². The zero-order valence-corrected chi connectivity index (χ0v) is 19.2. The smallest absolute Gasteiger partial charge is 0.329 e. The number of halogens is 3. The Morgan fingerprint density at radius 1 is 1.15 bits per heavy atom. The average Bonchev–Trinajstić information content (AvgIpc) is 3.37. The van der Waals surface area contributed by atoms with Crippen molar-refractivity contribution in [2.75, 3.05) is 6.54 Å². The van der Waals surface area contributed by atoms with Crippen LogP contribution >= 0.6 is 0 Å². The molecule has 0 saturated carbocycles. The number of nitrogens with zero attached hydrogens (tertiary/aromatic N) is 4. The Balaban J connectivity index is 1.80. The number of hydrogen-bond donors (Lipinski definition) is 1. The van der Waals surface area contributed by atoms with Crippen LogP contribution in [0.2, 0.25) is 0 Å². The molecule has 178 valence electrons. The number of nitrogens with one attached hydrogen (secondary N) is 1. The number of aromatic nitrogens is 4. The summed E-state index contributed by atoms with van der Waals surface area (Å²) in [5, 5.41) is 6.80. The maximum atomic E-state index is 12.6. The van der Waals surface area contributed by atoms with E-state index in [1.165, 1.54) is 6.08 Å². The molecule has 2 heterocycles. The Morgan fingerprint density at radius 2 is 1.97 bits per heavy atom. The van der Waals surface area contributed by atoms with E-state index in [1.807, 2.05) is 18.2 Å². The predicted octanol–water partition coefficient (Wildman–Crippen LogP) is 5.90. The average molecular weight is 462 g/mol. The molecule has 0 spiro atoms. The lowest BCUT2D eigenvalue weighted by molar-refractivity contribution is -0.159. The van der Waals surface area contributed by atoms with Crippen LogP contribution in [0.25, 0.3) is 23.2 Å². The molecule has 0 atom stereocenters. The maximum Gasteiger partial charge on any atom is 0.471 e. The number of imidazole rings is 1. The molecular weight excluding hydrogens is 431 g/mol. The van der Waals surface area contributed by atoms with Gasteiger partial charge in [-0.05, 0) is 49.6 Å². The van der Waals surface area contributed by atoms with Gasteiger partial charge in [0.25, 0.3) is 0 Å². The van der Waals surface area contributed by atoms with Gasteiger partial charge in [-0.2, -0.15) is 18.2 Å². The van der Waals surface area contributed by atoms with Crippen LogP contribution in [0.3, 0.4) is 0 Å². The zero-order valence-electron chi connectivity index (χ0n) is 19.2. The standard InChI is InChI=1S/C24H30F3N5O/c1-4-5-6-7-9-22-29-19-16-18(11-13-21-30-23(33-31-21)24(25,26)27)10-12-20(19)32(22)15-8-14-28-17(2)3/h5-6,10-13,16-17,28H,4,7-9,14-15H2,1-3H3/b6-5-,13-11+. The molecule has 6 nitrogen and oxygen atoms in total. The zero-order chi connectivity index (χ0) is 23.8. The van der Waals surface area contributed by atoms with Crippen LogP contribution in [0.1, 0.15) is 63.1 Å². The van der Waals surface area contributed by atoms with Crippen molar-refractivity contribution >= 4 is 23.2 Å². The third kappa shape index (κ3) is 7.02. The maximum absolute atomic E-state index is 12.6. The summed E-state index contributed by atoms with van der Waals surface area (Å²) < 4.78 is 44.4. The van der Waals surface area contributed by atoms with Gasteiger partial charge in [0.05, 0.1) is 11.0 Å². The van der Waals surface area contributed by atoms with Gasteiger partial charge in [-0.15, -0.1) is 0 Å². The summed E-state index contributed by atoms with van der Waals surface area (Å²) in [5.74, 6) is -0.455. The Bertz CT molecular complexity index is 1100. The molecule has 9 heteroatoms. The van der Waals surface area contributed by atoms with Crippen LogP contribution in [0.5, 0.6) is 0 Å². The first-order valence-electron chi connectivity index (χ1n) is 11.2. The van der Waals surface area contributed by atoms with Crippen LogP contribution < -0.4 is 5.32 Å². The second-order valence-electron chi connectivity index (χ2n) is 8.10. The molecule has 3 aromatic rings. The van der Waals surface area contributed by atoms with Gasteiger partial charge in [0, 0.05) is 19.0 Å². The normalized spacial score (nSPS) is 12.8. The van der Waals surface area contributed by atoms with Crippen molar-refractivity contribution in [3.05, 3.63) is 53.5 Å². The first-order valence-corrected chi connectivity index (χ1v) is 11.2. The van der Waals surface area contributed by atoms with Gasteiger partial charge in [-0.3, -0.25) is 0 Å². The molecule has 0 amide bonds. The van der Waals surface area contributed by atoms with Gasteiger partial charge in [-0.25, -0.2) is 4.98 Å². The molecule has 2 aromatic heterocycles. The monoisotopic (exact) mass is 461 g/mol. The van der Waals surface area contributed by atoms with Crippen LogP contribution in [-0.4, -0.2) is 32.3 Å². The minimum Gasteiger partial charge on any atom is -0.329 e. The molecule has 1 N–H and O–H groups in total. The summed E-state index contributed by atoms with van der Waals surface area (Å²) in [7, 11) is 0. The topological polar surface area (TPSA) is 68.8 Å². The molecule has 0 bridgehead atoms. The number of fused-ring (bicyclic) bond motifs is 1. The highest BCUT2D eigenvalue weighted by Crippen LogP contribution is 2.27. The van der Waals surface area contributed by atoms with Gasteiger partial charge in [0.15, 0.2) is 5.82 Å². The summed E-state index contributed by atoms with van der Waals surface area (Å²) in [6, 6.07) is 6.28. The molecule has 0 aliphatic heterocycles. The van der Waals surface area contributed by atoms with Crippen LogP contribution in [0.15, 0.2) is 34.9 Å². The quantitative estimate of drug-likeness (QED) is 0.285. The number of hydrogen-bond acceptors (Lipinski definition) is 5. The van der Waals surface area contributed by atoms with E-state index in [1.54, 1.807) is 6.08 Å². The molecule has 1 aromatic carbocycles. The fourth-order valence-corrected chi connectivity index (χ4v) is 3.45. The second kappa shape index (κ2) is 11.3. The van der Waals surface area contributed by atoms with E-state index in [2.05, 4.69) is 57.5 Å². The van der Waals surface area contributed by atoms with Gasteiger partial charge >= 0.3 is 12.1 Å². The molecule has 0 saturated heterocycles. The Kier molecular flexibility index (Phi) is 8.43. The number of allylic oxidation sites excluding steroid dienone is 2. The minimum absolute atomic E-state index is 0.131. The Labute approximate surface area is 191 Å². The van der Waals surface area contributed by atoms with E-state index in [0.717, 1.165) is 61.2 Å². The fraction of sp³-hybridized carbons (Fsp3) is 0.458. The predicted molar refractivity (Wildman–Crippen MR) is 123 cm³/mol. The van der Waals surface area contributed by atoms with Crippen molar-refractivity contribution in [2.24, 2.45) is 0 Å². The highest BCUT2D eigenvalue weighted by atomic mass is 19.4. The van der Waals surface area contributed by atoms with E-state index in [9.17, 15) is 13.2 Å². The van der Waals surface area contributed by atoms with Gasteiger partial charge in [-0.1, -0.05) is 50.2 Å². The molecule has 3 rings (SSSR count). The van der Waals surface area contributed by atoms with E-state index in [-0.39, 0.29) is 5.82 Å². The van der Waals surface area contributed by atoms with Crippen LogP contribution in [-0.2, 0) is 19.1 Å². The fourth-order valence-electron chi connectivity index (χ4n) is 3.45. The van der Waals surface area contributed by atoms with Gasteiger partial charge in [0.2, 0.25) is 0 Å². The molecule has 0 aliphatic carbocycles.